The first-order valence-electron chi connectivity index (χ1n) is 3.66. The zero-order valence-electron chi connectivity index (χ0n) is 7.06. The van der Waals surface area contributed by atoms with Crippen LogP contribution < -0.4 is 0 Å². The minimum absolute atomic E-state index is 0.127. The van der Waals surface area contributed by atoms with Gasteiger partial charge in [-0.05, 0) is 31.0 Å². The van der Waals surface area contributed by atoms with Crippen molar-refractivity contribution in [1.29, 1.82) is 0 Å². The van der Waals surface area contributed by atoms with Gasteiger partial charge in [-0.15, -0.1) is 0 Å². The van der Waals surface area contributed by atoms with Gasteiger partial charge < -0.3 is 10.2 Å². The fourth-order valence-electron chi connectivity index (χ4n) is 1.12. The Morgan fingerprint density at radius 1 is 1.42 bits per heavy atom. The molecule has 0 aliphatic heterocycles. The molecule has 0 aliphatic carbocycles. The molecule has 0 bridgehead atoms. The Morgan fingerprint density at radius 3 is 2.50 bits per heavy atom. The van der Waals surface area contributed by atoms with Crippen LogP contribution in [0.1, 0.15) is 16.7 Å². The van der Waals surface area contributed by atoms with Gasteiger partial charge >= 0.3 is 0 Å². The molecule has 12 heavy (non-hydrogen) atoms. The zero-order valence-corrected chi connectivity index (χ0v) is 8.64. The highest BCUT2D eigenvalue weighted by atomic mass is 79.9. The molecule has 0 saturated carbocycles. The highest BCUT2D eigenvalue weighted by Crippen LogP contribution is 2.30. The van der Waals surface area contributed by atoms with Gasteiger partial charge in [0.15, 0.2) is 0 Å². The molecule has 0 amide bonds. The van der Waals surface area contributed by atoms with Crippen LogP contribution in [0.25, 0.3) is 0 Å². The average molecular weight is 231 g/mol. The van der Waals surface area contributed by atoms with Crippen molar-refractivity contribution in [1.82, 2.24) is 0 Å². The number of phenols is 1. The van der Waals surface area contributed by atoms with Crippen LogP contribution in [0.2, 0.25) is 0 Å². The van der Waals surface area contributed by atoms with E-state index in [0.717, 1.165) is 15.6 Å². The fourth-order valence-corrected chi connectivity index (χ4v) is 1.70. The Labute approximate surface area is 80.0 Å². The minimum atomic E-state index is -0.127. The maximum atomic E-state index is 9.52. The Morgan fingerprint density at radius 2 is 2.00 bits per heavy atom. The third-order valence-electron chi connectivity index (χ3n) is 1.97. The fraction of sp³-hybridized carbons (Fsp3) is 0.333. The molecule has 0 fully saturated rings. The highest BCUT2D eigenvalue weighted by molar-refractivity contribution is 9.10. The number of hydrogen-bond acceptors (Lipinski definition) is 2. The Kier molecular flexibility index (Phi) is 2.75. The molecule has 0 heterocycles. The summed E-state index contributed by atoms with van der Waals surface area (Å²) in [5.41, 5.74) is 2.26. The number of aromatic hydroxyl groups is 1. The van der Waals surface area contributed by atoms with Crippen LogP contribution in [0.4, 0.5) is 0 Å². The number of aliphatic hydroxyl groups is 1. The van der Waals surface area contributed by atoms with E-state index in [2.05, 4.69) is 15.9 Å². The molecule has 2 N–H and O–H groups in total. The predicted molar refractivity (Wildman–Crippen MR) is 51.2 cm³/mol. The number of rotatable bonds is 1. The highest BCUT2D eigenvalue weighted by Gasteiger charge is 2.09. The van der Waals surface area contributed by atoms with Gasteiger partial charge in [-0.2, -0.15) is 0 Å². The van der Waals surface area contributed by atoms with Gasteiger partial charge in [0.1, 0.15) is 5.75 Å². The van der Waals surface area contributed by atoms with E-state index in [9.17, 15) is 5.11 Å². The van der Waals surface area contributed by atoms with Crippen molar-refractivity contribution in [3.63, 3.8) is 0 Å². The first kappa shape index (κ1) is 9.55. The molecule has 0 unspecified atom stereocenters. The molecule has 0 aromatic heterocycles. The van der Waals surface area contributed by atoms with E-state index in [1.165, 1.54) is 0 Å². The molecule has 0 saturated heterocycles. The van der Waals surface area contributed by atoms with Gasteiger partial charge in [0, 0.05) is 10.0 Å². The first-order chi connectivity index (χ1) is 5.57. The third-order valence-corrected chi connectivity index (χ3v) is 2.80. The van der Waals surface area contributed by atoms with Crippen molar-refractivity contribution in [3.8, 4) is 5.75 Å². The summed E-state index contributed by atoms with van der Waals surface area (Å²) < 4.78 is 0.918. The summed E-state index contributed by atoms with van der Waals surface area (Å²) in [6.45, 7) is 3.53. The second-order valence-corrected chi connectivity index (χ2v) is 3.64. The van der Waals surface area contributed by atoms with Crippen molar-refractivity contribution < 1.29 is 10.2 Å². The Hall–Kier alpha value is -0.540. The topological polar surface area (TPSA) is 40.5 Å². The normalized spacial score (nSPS) is 10.3. The molecular formula is C9H11BrO2. The van der Waals surface area contributed by atoms with Gasteiger partial charge in [-0.3, -0.25) is 0 Å². The summed E-state index contributed by atoms with van der Waals surface area (Å²) in [6.07, 6.45) is 0. The summed E-state index contributed by atoms with van der Waals surface area (Å²) >= 11 is 3.35. The molecule has 0 spiro atoms. The van der Waals surface area contributed by atoms with E-state index in [0.29, 0.717) is 5.56 Å². The lowest BCUT2D eigenvalue weighted by Crippen LogP contribution is -1.93. The summed E-state index contributed by atoms with van der Waals surface area (Å²) in [5.74, 6) is 0.193. The average Bonchev–Trinajstić information content (AvgIpc) is 2.02. The molecular weight excluding hydrogens is 220 g/mol. The molecule has 66 valence electrons. The molecule has 0 radical (unpaired) electrons. The number of halogens is 1. The number of aryl methyl sites for hydroxylation is 1. The van der Waals surface area contributed by atoms with Crippen molar-refractivity contribution in [2.24, 2.45) is 0 Å². The molecule has 0 aliphatic rings. The molecule has 2 nitrogen and oxygen atoms in total. The lowest BCUT2D eigenvalue weighted by molar-refractivity contribution is 0.274. The summed E-state index contributed by atoms with van der Waals surface area (Å²) in [6, 6.07) is 1.84. The summed E-state index contributed by atoms with van der Waals surface area (Å²) in [5, 5.41) is 18.5. The molecule has 0 atom stereocenters. The third kappa shape index (κ3) is 1.47. The second-order valence-electron chi connectivity index (χ2n) is 2.79. The quantitative estimate of drug-likeness (QED) is 0.778. The van der Waals surface area contributed by atoms with Crippen LogP contribution >= 0.6 is 15.9 Å². The van der Waals surface area contributed by atoms with Gasteiger partial charge in [-0.1, -0.05) is 15.9 Å². The van der Waals surface area contributed by atoms with Gasteiger partial charge in [0.05, 0.1) is 6.61 Å². The monoisotopic (exact) mass is 230 g/mol. The van der Waals surface area contributed by atoms with Crippen LogP contribution in [0.15, 0.2) is 10.5 Å². The SMILES string of the molecule is Cc1cc(Br)c(C)c(CO)c1O. The van der Waals surface area contributed by atoms with E-state index in [1.54, 1.807) is 6.92 Å². The van der Waals surface area contributed by atoms with Crippen molar-refractivity contribution in [2.45, 2.75) is 20.5 Å². The van der Waals surface area contributed by atoms with E-state index in [4.69, 9.17) is 5.11 Å². The maximum Gasteiger partial charge on any atom is 0.124 e. The maximum absolute atomic E-state index is 9.52. The van der Waals surface area contributed by atoms with Crippen molar-refractivity contribution in [3.05, 3.63) is 27.2 Å². The zero-order chi connectivity index (χ0) is 9.30. The van der Waals surface area contributed by atoms with Crippen LogP contribution in [-0.4, -0.2) is 10.2 Å². The summed E-state index contributed by atoms with van der Waals surface area (Å²) in [7, 11) is 0. The van der Waals surface area contributed by atoms with E-state index in [-0.39, 0.29) is 12.4 Å². The lowest BCUT2D eigenvalue weighted by atomic mass is 10.0. The second kappa shape index (κ2) is 3.46. The number of aliphatic hydroxyl groups excluding tert-OH is 1. The number of hydrogen-bond donors (Lipinski definition) is 2. The van der Waals surface area contributed by atoms with Gasteiger partial charge in [0.2, 0.25) is 0 Å². The first-order valence-corrected chi connectivity index (χ1v) is 4.45. The predicted octanol–water partition coefficient (Wildman–Crippen LogP) is 2.26. The van der Waals surface area contributed by atoms with Crippen LogP contribution in [0.3, 0.4) is 0 Å². The van der Waals surface area contributed by atoms with Crippen molar-refractivity contribution >= 4 is 15.9 Å². The summed E-state index contributed by atoms with van der Waals surface area (Å²) in [4.78, 5) is 0. The molecule has 1 rings (SSSR count). The van der Waals surface area contributed by atoms with Crippen LogP contribution in [0.5, 0.6) is 5.75 Å². The van der Waals surface area contributed by atoms with Crippen LogP contribution in [0, 0.1) is 13.8 Å². The molecule has 1 aromatic carbocycles. The molecule has 1 aromatic rings. The Bertz CT molecular complexity index is 282. The number of benzene rings is 1. The van der Waals surface area contributed by atoms with Crippen LogP contribution in [-0.2, 0) is 6.61 Å². The van der Waals surface area contributed by atoms with E-state index in [1.807, 2.05) is 13.0 Å². The van der Waals surface area contributed by atoms with E-state index < -0.39 is 0 Å². The largest absolute Gasteiger partial charge is 0.507 e. The van der Waals surface area contributed by atoms with Gasteiger partial charge in [0.25, 0.3) is 0 Å². The Balaban J connectivity index is 3.42. The van der Waals surface area contributed by atoms with E-state index >= 15 is 0 Å². The van der Waals surface area contributed by atoms with Crippen molar-refractivity contribution in [2.75, 3.05) is 0 Å². The lowest BCUT2D eigenvalue weighted by Gasteiger charge is -2.09. The van der Waals surface area contributed by atoms with Gasteiger partial charge in [-0.25, -0.2) is 0 Å². The smallest absolute Gasteiger partial charge is 0.124 e. The molecule has 3 heteroatoms. The minimum Gasteiger partial charge on any atom is -0.507 e. The standard InChI is InChI=1S/C9H11BrO2/c1-5-3-8(10)6(2)7(4-11)9(5)12/h3,11-12H,4H2,1-2H3.